The normalized spacial score (nSPS) is 10.1. The molecule has 0 saturated carbocycles. The molecule has 0 heterocycles. The Balaban J connectivity index is 2.41. The van der Waals surface area contributed by atoms with Gasteiger partial charge in [0.2, 0.25) is 0 Å². The van der Waals surface area contributed by atoms with Gasteiger partial charge < -0.3 is 22.9 Å². The first-order chi connectivity index (χ1) is 10.9. The molecule has 0 fully saturated rings. The number of hydrogen-bond donors (Lipinski definition) is 4. The van der Waals surface area contributed by atoms with Crippen LogP contribution in [0.3, 0.4) is 0 Å². The summed E-state index contributed by atoms with van der Waals surface area (Å²) in [6.07, 6.45) is 0. The zero-order chi connectivity index (χ0) is 16.8. The fourth-order valence-corrected chi connectivity index (χ4v) is 2.22. The van der Waals surface area contributed by atoms with Crippen LogP contribution in [-0.4, -0.2) is 11.9 Å². The highest BCUT2D eigenvalue weighted by molar-refractivity contribution is 5.76. The Kier molecular flexibility index (Phi) is 5.19. The lowest BCUT2D eigenvalue weighted by Crippen LogP contribution is -2.22. The number of aliphatic imine (C=N–C) groups is 2. The van der Waals surface area contributed by atoms with Crippen molar-refractivity contribution in [1.82, 2.24) is 0 Å². The summed E-state index contributed by atoms with van der Waals surface area (Å²) in [6, 6.07) is 14.4. The Bertz CT molecular complexity index is 685. The number of nitrogens with zero attached hydrogens (tertiary/aromatic N) is 2. The summed E-state index contributed by atoms with van der Waals surface area (Å²) in [5.74, 6) is 0.132. The Morgan fingerprint density at radius 2 is 1.22 bits per heavy atom. The molecule has 0 radical (unpaired) electrons. The van der Waals surface area contributed by atoms with E-state index in [4.69, 9.17) is 22.9 Å². The summed E-state index contributed by atoms with van der Waals surface area (Å²) in [4.78, 5) is 8.13. The average Bonchev–Trinajstić information content (AvgIpc) is 2.51. The minimum atomic E-state index is 0.0662. The van der Waals surface area contributed by atoms with Gasteiger partial charge in [0.25, 0.3) is 0 Å². The highest BCUT2D eigenvalue weighted by Gasteiger charge is 2.04. The minimum absolute atomic E-state index is 0.0662. The minimum Gasteiger partial charge on any atom is -0.370 e. The molecule has 0 aliphatic rings. The lowest BCUT2D eigenvalue weighted by atomic mass is 9.99. The molecule has 0 bridgehead atoms. The Morgan fingerprint density at radius 3 is 1.65 bits per heavy atom. The molecule has 2 aromatic carbocycles. The molecule has 2 aromatic rings. The van der Waals surface area contributed by atoms with E-state index in [1.165, 1.54) is 5.56 Å². The molecule has 0 saturated heterocycles. The van der Waals surface area contributed by atoms with E-state index in [1.807, 2.05) is 6.07 Å². The summed E-state index contributed by atoms with van der Waals surface area (Å²) < 4.78 is 0. The van der Waals surface area contributed by atoms with Crippen molar-refractivity contribution in [1.29, 1.82) is 0 Å². The van der Waals surface area contributed by atoms with Crippen LogP contribution in [0.25, 0.3) is 11.1 Å². The van der Waals surface area contributed by atoms with Crippen molar-refractivity contribution in [2.24, 2.45) is 32.9 Å². The first-order valence-corrected chi connectivity index (χ1v) is 7.24. The maximum atomic E-state index is 5.42. The second-order valence-corrected chi connectivity index (χ2v) is 5.39. The molecule has 6 nitrogen and oxygen atoms in total. The van der Waals surface area contributed by atoms with Crippen LogP contribution in [0.2, 0.25) is 0 Å². The Hall–Kier alpha value is -3.02. The van der Waals surface area contributed by atoms with Gasteiger partial charge in [0.05, 0.1) is 13.1 Å². The van der Waals surface area contributed by atoms with E-state index in [1.54, 1.807) is 0 Å². The van der Waals surface area contributed by atoms with E-state index in [2.05, 4.69) is 53.3 Å². The number of rotatable bonds is 5. The first-order valence-electron chi connectivity index (χ1n) is 7.24. The van der Waals surface area contributed by atoms with Gasteiger partial charge in [-0.05, 0) is 41.3 Å². The second kappa shape index (κ2) is 7.31. The molecule has 2 rings (SSSR count). The fraction of sp³-hybridized carbons (Fsp3) is 0.176. The summed E-state index contributed by atoms with van der Waals surface area (Å²) in [5, 5.41) is 0. The SMILES string of the molecule is Cc1ccc(-c2cc(CN=C(N)N)cc(CN=C(N)N)c2)cc1. The maximum absolute atomic E-state index is 5.42. The van der Waals surface area contributed by atoms with E-state index in [-0.39, 0.29) is 11.9 Å². The van der Waals surface area contributed by atoms with E-state index in [0.717, 1.165) is 22.3 Å². The Labute approximate surface area is 135 Å². The molecule has 6 heteroatoms. The molecule has 0 unspecified atom stereocenters. The van der Waals surface area contributed by atoms with E-state index in [0.29, 0.717) is 13.1 Å². The zero-order valence-corrected chi connectivity index (χ0v) is 13.2. The Morgan fingerprint density at radius 1 is 0.739 bits per heavy atom. The molecule has 0 aliphatic carbocycles. The average molecular weight is 310 g/mol. The van der Waals surface area contributed by atoms with Gasteiger partial charge in [0, 0.05) is 0 Å². The van der Waals surface area contributed by atoms with E-state index >= 15 is 0 Å². The van der Waals surface area contributed by atoms with Crippen molar-refractivity contribution < 1.29 is 0 Å². The van der Waals surface area contributed by atoms with Gasteiger partial charge in [0.1, 0.15) is 0 Å². The topological polar surface area (TPSA) is 129 Å². The van der Waals surface area contributed by atoms with Gasteiger partial charge in [-0.2, -0.15) is 0 Å². The standard InChI is InChI=1S/C17H22N6/c1-11-2-4-14(5-3-11)15-7-12(9-22-16(18)19)6-13(8-15)10-23-17(20)21/h2-8H,9-10H2,1H3,(H4,18,19,22)(H4,20,21,23). The third kappa shape index (κ3) is 5.03. The van der Waals surface area contributed by atoms with Crippen molar-refractivity contribution in [3.05, 3.63) is 59.2 Å². The largest absolute Gasteiger partial charge is 0.370 e. The van der Waals surface area contributed by atoms with Crippen LogP contribution >= 0.6 is 0 Å². The van der Waals surface area contributed by atoms with Gasteiger partial charge in [-0.25, -0.2) is 9.98 Å². The van der Waals surface area contributed by atoms with Gasteiger partial charge in [-0.15, -0.1) is 0 Å². The van der Waals surface area contributed by atoms with Crippen molar-refractivity contribution in [2.75, 3.05) is 0 Å². The lowest BCUT2D eigenvalue weighted by Gasteiger charge is -2.09. The monoisotopic (exact) mass is 310 g/mol. The summed E-state index contributed by atoms with van der Waals surface area (Å²) in [7, 11) is 0. The van der Waals surface area contributed by atoms with Crippen LogP contribution in [0, 0.1) is 6.92 Å². The maximum Gasteiger partial charge on any atom is 0.186 e. The van der Waals surface area contributed by atoms with Crippen molar-refractivity contribution >= 4 is 11.9 Å². The van der Waals surface area contributed by atoms with Crippen LogP contribution in [0.5, 0.6) is 0 Å². The summed E-state index contributed by atoms with van der Waals surface area (Å²) >= 11 is 0. The third-order valence-corrected chi connectivity index (χ3v) is 3.33. The predicted molar refractivity (Wildman–Crippen MR) is 95.6 cm³/mol. The number of aryl methyl sites for hydroxylation is 1. The molecule has 23 heavy (non-hydrogen) atoms. The number of nitrogens with two attached hydrogens (primary N) is 4. The van der Waals surface area contributed by atoms with Gasteiger partial charge in [-0.1, -0.05) is 35.9 Å². The van der Waals surface area contributed by atoms with Crippen LogP contribution in [0.15, 0.2) is 52.4 Å². The number of hydrogen-bond acceptors (Lipinski definition) is 2. The van der Waals surface area contributed by atoms with Crippen molar-refractivity contribution in [2.45, 2.75) is 20.0 Å². The highest BCUT2D eigenvalue weighted by atomic mass is 15.0. The molecular formula is C17H22N6. The second-order valence-electron chi connectivity index (χ2n) is 5.39. The summed E-state index contributed by atoms with van der Waals surface area (Å²) in [6.45, 7) is 2.89. The third-order valence-electron chi connectivity index (χ3n) is 3.33. The fourth-order valence-electron chi connectivity index (χ4n) is 2.22. The molecule has 0 amide bonds. The van der Waals surface area contributed by atoms with E-state index < -0.39 is 0 Å². The van der Waals surface area contributed by atoms with Gasteiger partial charge >= 0.3 is 0 Å². The quantitative estimate of drug-likeness (QED) is 0.488. The van der Waals surface area contributed by atoms with Gasteiger partial charge in [0.15, 0.2) is 11.9 Å². The van der Waals surface area contributed by atoms with Crippen molar-refractivity contribution in [3.63, 3.8) is 0 Å². The van der Waals surface area contributed by atoms with Crippen LogP contribution < -0.4 is 22.9 Å². The molecule has 0 aromatic heterocycles. The van der Waals surface area contributed by atoms with Crippen LogP contribution in [0.1, 0.15) is 16.7 Å². The molecule has 8 N–H and O–H groups in total. The van der Waals surface area contributed by atoms with Gasteiger partial charge in [-0.3, -0.25) is 0 Å². The molecular weight excluding hydrogens is 288 g/mol. The highest BCUT2D eigenvalue weighted by Crippen LogP contribution is 2.24. The van der Waals surface area contributed by atoms with Crippen LogP contribution in [0.4, 0.5) is 0 Å². The predicted octanol–water partition coefficient (Wildman–Crippen LogP) is 1.21. The lowest BCUT2D eigenvalue weighted by molar-refractivity contribution is 1.01. The smallest absolute Gasteiger partial charge is 0.186 e. The molecule has 120 valence electrons. The number of guanidine groups is 2. The first kappa shape index (κ1) is 16.4. The summed E-state index contributed by atoms with van der Waals surface area (Å²) in [5.41, 5.74) is 27.1. The molecule has 0 spiro atoms. The molecule has 0 aliphatic heterocycles. The zero-order valence-electron chi connectivity index (χ0n) is 13.2. The van der Waals surface area contributed by atoms with Crippen molar-refractivity contribution in [3.8, 4) is 11.1 Å². The van der Waals surface area contributed by atoms with E-state index in [9.17, 15) is 0 Å². The molecule has 0 atom stereocenters. The number of benzene rings is 2. The van der Waals surface area contributed by atoms with Crippen LogP contribution in [-0.2, 0) is 13.1 Å².